The maximum Gasteiger partial charge on any atom is 0.0581 e. The standard InChI is InChI=1S/C5H11IO/c1-3-7-4-5(2)6/h5H,3-4H2,1-2H3. The van der Waals surface area contributed by atoms with Gasteiger partial charge in [0.15, 0.2) is 0 Å². The third kappa shape index (κ3) is 6.69. The molecule has 1 nitrogen and oxygen atoms in total. The quantitative estimate of drug-likeness (QED) is 0.514. The number of hydrogen-bond donors (Lipinski definition) is 0. The maximum absolute atomic E-state index is 5.09. The van der Waals surface area contributed by atoms with Gasteiger partial charge in [-0.1, -0.05) is 29.5 Å². The van der Waals surface area contributed by atoms with Gasteiger partial charge >= 0.3 is 0 Å². The summed E-state index contributed by atoms with van der Waals surface area (Å²) in [6.07, 6.45) is 0. The SMILES string of the molecule is CCOCC(C)I. The molecule has 0 spiro atoms. The Morgan fingerprint density at radius 2 is 2.29 bits per heavy atom. The Kier molecular flexibility index (Phi) is 5.32. The van der Waals surface area contributed by atoms with E-state index in [9.17, 15) is 0 Å². The van der Waals surface area contributed by atoms with Gasteiger partial charge < -0.3 is 4.74 Å². The fourth-order valence-electron chi connectivity index (χ4n) is 0.280. The molecule has 0 aromatic rings. The molecule has 0 N–H and O–H groups in total. The lowest BCUT2D eigenvalue weighted by Crippen LogP contribution is -2.02. The van der Waals surface area contributed by atoms with E-state index < -0.39 is 0 Å². The first-order chi connectivity index (χ1) is 3.27. The average Bonchev–Trinajstić information content (AvgIpc) is 1.61. The van der Waals surface area contributed by atoms with Crippen LogP contribution in [0, 0.1) is 0 Å². The highest BCUT2D eigenvalue weighted by molar-refractivity contribution is 14.1. The molecule has 0 rings (SSSR count). The second-order valence-corrected chi connectivity index (χ2v) is 3.57. The molecule has 1 atom stereocenters. The monoisotopic (exact) mass is 214 g/mol. The van der Waals surface area contributed by atoms with Gasteiger partial charge in [0.05, 0.1) is 6.61 Å². The molecule has 2 heteroatoms. The summed E-state index contributed by atoms with van der Waals surface area (Å²) < 4.78 is 5.74. The van der Waals surface area contributed by atoms with Crippen molar-refractivity contribution in [2.75, 3.05) is 13.2 Å². The topological polar surface area (TPSA) is 9.23 Å². The third-order valence-corrected chi connectivity index (χ3v) is 0.911. The zero-order valence-electron chi connectivity index (χ0n) is 4.78. The van der Waals surface area contributed by atoms with Crippen LogP contribution in [0.15, 0.2) is 0 Å². The summed E-state index contributed by atoms with van der Waals surface area (Å²) >= 11 is 2.34. The van der Waals surface area contributed by atoms with Crippen molar-refractivity contribution in [3.8, 4) is 0 Å². The molecule has 0 aromatic carbocycles. The first-order valence-electron chi connectivity index (χ1n) is 2.49. The average molecular weight is 214 g/mol. The summed E-state index contributed by atoms with van der Waals surface area (Å²) in [4.78, 5) is 0. The fourth-order valence-corrected chi connectivity index (χ4v) is 0.535. The first-order valence-corrected chi connectivity index (χ1v) is 3.73. The predicted octanol–water partition coefficient (Wildman–Crippen LogP) is 1.85. The van der Waals surface area contributed by atoms with E-state index in [2.05, 4.69) is 29.5 Å². The van der Waals surface area contributed by atoms with Crippen LogP contribution in [0.4, 0.5) is 0 Å². The fraction of sp³-hybridized carbons (Fsp3) is 1.00. The minimum Gasteiger partial charge on any atom is -0.381 e. The molecule has 1 unspecified atom stereocenters. The minimum atomic E-state index is 0.651. The molecule has 0 saturated heterocycles. The number of hydrogen-bond acceptors (Lipinski definition) is 1. The van der Waals surface area contributed by atoms with Crippen LogP contribution in [0.2, 0.25) is 0 Å². The molecule has 0 bridgehead atoms. The molecule has 0 aliphatic heterocycles. The molecule has 0 aromatic heterocycles. The Labute approximate surface area is 58.6 Å². The zero-order valence-corrected chi connectivity index (χ0v) is 6.94. The van der Waals surface area contributed by atoms with Crippen LogP contribution in [0.3, 0.4) is 0 Å². The van der Waals surface area contributed by atoms with Crippen LogP contribution in [0.5, 0.6) is 0 Å². The first kappa shape index (κ1) is 7.69. The summed E-state index contributed by atoms with van der Waals surface area (Å²) in [5, 5.41) is 0. The lowest BCUT2D eigenvalue weighted by atomic mass is 10.5. The van der Waals surface area contributed by atoms with E-state index in [1.807, 2.05) is 6.92 Å². The van der Waals surface area contributed by atoms with Crippen molar-refractivity contribution in [2.45, 2.75) is 17.8 Å². The maximum atomic E-state index is 5.09. The Morgan fingerprint density at radius 3 is 2.43 bits per heavy atom. The molecule has 0 aliphatic rings. The van der Waals surface area contributed by atoms with Gasteiger partial charge in [0.1, 0.15) is 0 Å². The van der Waals surface area contributed by atoms with E-state index in [4.69, 9.17) is 4.74 Å². The molecule has 0 amide bonds. The predicted molar refractivity (Wildman–Crippen MR) is 40.0 cm³/mol. The van der Waals surface area contributed by atoms with Crippen molar-refractivity contribution >= 4 is 22.6 Å². The molecule has 0 aliphatic carbocycles. The smallest absolute Gasteiger partial charge is 0.0581 e. The molecular formula is C5H11IO. The third-order valence-electron chi connectivity index (χ3n) is 0.552. The van der Waals surface area contributed by atoms with Gasteiger partial charge in [-0.2, -0.15) is 0 Å². The molecule has 44 valence electrons. The van der Waals surface area contributed by atoms with Crippen LogP contribution in [0.25, 0.3) is 0 Å². The van der Waals surface area contributed by atoms with Gasteiger partial charge in [0, 0.05) is 10.5 Å². The van der Waals surface area contributed by atoms with Crippen molar-refractivity contribution in [1.29, 1.82) is 0 Å². The normalized spacial score (nSPS) is 14.1. The van der Waals surface area contributed by atoms with Crippen LogP contribution in [-0.2, 0) is 4.74 Å². The van der Waals surface area contributed by atoms with Crippen molar-refractivity contribution in [1.82, 2.24) is 0 Å². The van der Waals surface area contributed by atoms with Crippen LogP contribution in [0.1, 0.15) is 13.8 Å². The Bertz CT molecular complexity index is 37.1. The van der Waals surface area contributed by atoms with E-state index in [0.717, 1.165) is 13.2 Å². The zero-order chi connectivity index (χ0) is 5.70. The highest BCUT2D eigenvalue weighted by Gasteiger charge is 1.90. The number of alkyl halides is 1. The van der Waals surface area contributed by atoms with Crippen molar-refractivity contribution in [3.05, 3.63) is 0 Å². The van der Waals surface area contributed by atoms with E-state index in [0.29, 0.717) is 3.92 Å². The van der Waals surface area contributed by atoms with E-state index in [-0.39, 0.29) is 0 Å². The summed E-state index contributed by atoms with van der Waals surface area (Å²) in [5.41, 5.74) is 0. The molecule has 0 heterocycles. The Balaban J connectivity index is 2.68. The summed E-state index contributed by atoms with van der Waals surface area (Å²) in [5.74, 6) is 0. The van der Waals surface area contributed by atoms with Gasteiger partial charge in [-0.3, -0.25) is 0 Å². The molecule has 0 saturated carbocycles. The van der Waals surface area contributed by atoms with E-state index in [1.165, 1.54) is 0 Å². The highest BCUT2D eigenvalue weighted by atomic mass is 127. The van der Waals surface area contributed by atoms with E-state index in [1.54, 1.807) is 0 Å². The highest BCUT2D eigenvalue weighted by Crippen LogP contribution is 1.96. The summed E-state index contributed by atoms with van der Waals surface area (Å²) in [6.45, 7) is 5.87. The van der Waals surface area contributed by atoms with Crippen molar-refractivity contribution < 1.29 is 4.74 Å². The molecule has 0 radical (unpaired) electrons. The lowest BCUT2D eigenvalue weighted by Gasteiger charge is -1.99. The Morgan fingerprint density at radius 1 is 1.71 bits per heavy atom. The lowest BCUT2D eigenvalue weighted by molar-refractivity contribution is 0.154. The van der Waals surface area contributed by atoms with Gasteiger partial charge in [-0.15, -0.1) is 0 Å². The van der Waals surface area contributed by atoms with Gasteiger partial charge in [-0.05, 0) is 6.92 Å². The summed E-state index contributed by atoms with van der Waals surface area (Å²) in [7, 11) is 0. The second-order valence-electron chi connectivity index (χ2n) is 1.44. The van der Waals surface area contributed by atoms with Gasteiger partial charge in [0.2, 0.25) is 0 Å². The number of rotatable bonds is 3. The Hall–Kier alpha value is 0.690. The van der Waals surface area contributed by atoms with Crippen molar-refractivity contribution in [2.24, 2.45) is 0 Å². The van der Waals surface area contributed by atoms with Crippen LogP contribution in [-0.4, -0.2) is 17.1 Å². The number of ether oxygens (including phenoxy) is 1. The van der Waals surface area contributed by atoms with Crippen molar-refractivity contribution in [3.63, 3.8) is 0 Å². The molecule has 7 heavy (non-hydrogen) atoms. The second kappa shape index (κ2) is 4.84. The largest absolute Gasteiger partial charge is 0.381 e. The minimum absolute atomic E-state index is 0.651. The van der Waals surface area contributed by atoms with E-state index >= 15 is 0 Å². The van der Waals surface area contributed by atoms with Crippen LogP contribution < -0.4 is 0 Å². The van der Waals surface area contributed by atoms with Gasteiger partial charge in [-0.25, -0.2) is 0 Å². The molecule has 0 fully saturated rings. The summed E-state index contributed by atoms with van der Waals surface area (Å²) in [6, 6.07) is 0. The number of halogens is 1. The molecular weight excluding hydrogens is 203 g/mol. The van der Waals surface area contributed by atoms with Crippen LogP contribution >= 0.6 is 22.6 Å². The van der Waals surface area contributed by atoms with Gasteiger partial charge in [0.25, 0.3) is 0 Å².